The average molecular weight is 245 g/mol. The van der Waals surface area contributed by atoms with E-state index in [9.17, 15) is 9.90 Å². The van der Waals surface area contributed by atoms with Crippen LogP contribution in [0.25, 0.3) is 10.8 Å². The Bertz CT molecular complexity index is 634. The molecule has 0 radical (unpaired) electrons. The predicted octanol–water partition coefficient (Wildman–Crippen LogP) is 1.98. The third kappa shape index (κ3) is 2.10. The van der Waals surface area contributed by atoms with E-state index >= 15 is 0 Å². The number of hydrogen-bond donors (Lipinski definition) is 2. The fourth-order valence-electron chi connectivity index (χ4n) is 1.76. The molecule has 2 aromatic carbocycles. The molecule has 2 rings (SSSR count). The molecule has 0 atom stereocenters. The molecule has 0 saturated heterocycles. The number of phenolic OH excluding ortho intramolecular Hbond substituents is 1. The molecule has 0 aliphatic heterocycles. The molecule has 0 fully saturated rings. The summed E-state index contributed by atoms with van der Waals surface area (Å²) in [5.74, 6) is -1.12. The number of benzene rings is 2. The number of aromatic hydroxyl groups is 1. The zero-order valence-corrected chi connectivity index (χ0v) is 9.62. The van der Waals surface area contributed by atoms with Crippen molar-refractivity contribution in [1.82, 2.24) is 0 Å². The van der Waals surface area contributed by atoms with Crippen LogP contribution < -0.4 is 0 Å². The summed E-state index contributed by atoms with van der Waals surface area (Å²) >= 11 is 0. The van der Waals surface area contributed by atoms with Crippen molar-refractivity contribution >= 4 is 22.5 Å². The van der Waals surface area contributed by atoms with Crippen LogP contribution in [0.2, 0.25) is 0 Å². The lowest BCUT2D eigenvalue weighted by Gasteiger charge is -2.06. The highest BCUT2D eigenvalue weighted by atomic mass is 16.6. The van der Waals surface area contributed by atoms with Crippen molar-refractivity contribution in [2.75, 3.05) is 7.11 Å². The third-order valence-electron chi connectivity index (χ3n) is 2.51. The van der Waals surface area contributed by atoms with Gasteiger partial charge in [-0.1, -0.05) is 29.4 Å². The molecule has 0 spiro atoms. The summed E-state index contributed by atoms with van der Waals surface area (Å²) in [6.07, 6.45) is 0. The highest BCUT2D eigenvalue weighted by Gasteiger charge is 2.16. The van der Waals surface area contributed by atoms with Gasteiger partial charge < -0.3 is 15.1 Å². The summed E-state index contributed by atoms with van der Waals surface area (Å²) in [6, 6.07) is 9.92. The van der Waals surface area contributed by atoms with E-state index in [4.69, 9.17) is 5.11 Å². The van der Waals surface area contributed by atoms with Gasteiger partial charge in [-0.3, -0.25) is 0 Å². The average Bonchev–Trinajstić information content (AvgIpc) is 2.35. The maximum Gasteiger partial charge on any atom is 0.358 e. The molecule has 0 bridgehead atoms. The van der Waals surface area contributed by atoms with Crippen LogP contribution in [0.3, 0.4) is 0 Å². The third-order valence-corrected chi connectivity index (χ3v) is 2.51. The number of carboxylic acids is 1. The molecule has 0 saturated carbocycles. The lowest BCUT2D eigenvalue weighted by molar-refractivity contribution is -0.129. The molecule has 18 heavy (non-hydrogen) atoms. The highest BCUT2D eigenvalue weighted by Crippen LogP contribution is 2.24. The van der Waals surface area contributed by atoms with Crippen molar-refractivity contribution in [2.45, 2.75) is 0 Å². The van der Waals surface area contributed by atoms with Crippen LogP contribution in [0.1, 0.15) is 5.56 Å². The van der Waals surface area contributed by atoms with Crippen LogP contribution >= 0.6 is 0 Å². The molecule has 0 amide bonds. The number of aliphatic carboxylic acids is 1. The Morgan fingerprint density at radius 2 is 2.06 bits per heavy atom. The van der Waals surface area contributed by atoms with Crippen LogP contribution in [0.4, 0.5) is 0 Å². The van der Waals surface area contributed by atoms with Crippen molar-refractivity contribution in [3.05, 3.63) is 42.0 Å². The summed E-state index contributed by atoms with van der Waals surface area (Å²) in [7, 11) is 1.28. The zero-order valence-electron chi connectivity index (χ0n) is 9.62. The van der Waals surface area contributed by atoms with Crippen LogP contribution in [0.5, 0.6) is 5.75 Å². The van der Waals surface area contributed by atoms with Gasteiger partial charge in [0.15, 0.2) is 5.71 Å². The predicted molar refractivity (Wildman–Crippen MR) is 66.8 cm³/mol. The first kappa shape index (κ1) is 11.9. The van der Waals surface area contributed by atoms with E-state index in [1.807, 2.05) is 6.07 Å². The standard InChI is InChI=1S/C13H11NO4/c1-18-14-12(13(16)17)10-4-2-3-8-5-6-9(15)7-11(8)10/h2-7,15H,1H3,(H,16,17)/b14-12+. The van der Waals surface area contributed by atoms with Gasteiger partial charge in [0.25, 0.3) is 0 Å². The monoisotopic (exact) mass is 245 g/mol. The van der Waals surface area contributed by atoms with Crippen LogP contribution in [-0.4, -0.2) is 29.0 Å². The Balaban J connectivity index is 2.73. The fourth-order valence-corrected chi connectivity index (χ4v) is 1.76. The first-order chi connectivity index (χ1) is 8.63. The van der Waals surface area contributed by atoms with Gasteiger partial charge in [0.2, 0.25) is 0 Å². The van der Waals surface area contributed by atoms with Crippen molar-refractivity contribution in [1.29, 1.82) is 0 Å². The van der Waals surface area contributed by atoms with E-state index in [-0.39, 0.29) is 11.5 Å². The Morgan fingerprint density at radius 1 is 1.28 bits per heavy atom. The van der Waals surface area contributed by atoms with Crippen LogP contribution in [0.15, 0.2) is 41.6 Å². The van der Waals surface area contributed by atoms with E-state index in [1.165, 1.54) is 13.2 Å². The van der Waals surface area contributed by atoms with Crippen molar-refractivity contribution in [3.8, 4) is 5.75 Å². The van der Waals surface area contributed by atoms with E-state index in [1.54, 1.807) is 24.3 Å². The molecule has 92 valence electrons. The minimum absolute atomic E-state index is 0.0668. The molecule has 0 aromatic heterocycles. The van der Waals surface area contributed by atoms with Gasteiger partial charge in [0.1, 0.15) is 12.9 Å². The van der Waals surface area contributed by atoms with Crippen molar-refractivity contribution in [2.24, 2.45) is 5.16 Å². The Morgan fingerprint density at radius 3 is 2.72 bits per heavy atom. The number of phenols is 1. The molecule has 0 heterocycles. The summed E-state index contributed by atoms with van der Waals surface area (Å²) < 4.78 is 0. The minimum atomic E-state index is -1.19. The molecular weight excluding hydrogens is 234 g/mol. The molecule has 2 aromatic rings. The normalized spacial score (nSPS) is 11.5. The Hall–Kier alpha value is -2.56. The smallest absolute Gasteiger partial charge is 0.358 e. The van der Waals surface area contributed by atoms with Crippen molar-refractivity contribution < 1.29 is 19.8 Å². The number of oxime groups is 1. The summed E-state index contributed by atoms with van der Waals surface area (Å²) in [4.78, 5) is 15.7. The van der Waals surface area contributed by atoms with E-state index in [0.29, 0.717) is 10.9 Å². The number of nitrogens with zero attached hydrogens (tertiary/aromatic N) is 1. The van der Waals surface area contributed by atoms with Gasteiger partial charge in [-0.25, -0.2) is 4.79 Å². The van der Waals surface area contributed by atoms with Gasteiger partial charge in [-0.15, -0.1) is 0 Å². The summed E-state index contributed by atoms with van der Waals surface area (Å²) in [6.45, 7) is 0. The van der Waals surface area contributed by atoms with Crippen molar-refractivity contribution in [3.63, 3.8) is 0 Å². The Kier molecular flexibility index (Phi) is 3.14. The molecule has 0 unspecified atom stereocenters. The maximum absolute atomic E-state index is 11.1. The quantitative estimate of drug-likeness (QED) is 0.640. The fraction of sp³-hybridized carbons (Fsp3) is 0.0769. The lowest BCUT2D eigenvalue weighted by Crippen LogP contribution is -2.15. The van der Waals surface area contributed by atoms with E-state index in [0.717, 1.165) is 5.39 Å². The maximum atomic E-state index is 11.1. The number of rotatable bonds is 3. The first-order valence-electron chi connectivity index (χ1n) is 5.20. The highest BCUT2D eigenvalue weighted by molar-refractivity contribution is 6.44. The zero-order chi connectivity index (χ0) is 13.1. The molecule has 0 aliphatic rings. The second kappa shape index (κ2) is 4.75. The van der Waals surface area contributed by atoms with Crippen LogP contribution in [0, 0.1) is 0 Å². The Labute approximate surface area is 103 Å². The lowest BCUT2D eigenvalue weighted by atomic mass is 10.0. The second-order valence-electron chi connectivity index (χ2n) is 3.64. The molecule has 0 aliphatic carbocycles. The van der Waals surface area contributed by atoms with Gasteiger partial charge in [0, 0.05) is 5.56 Å². The number of carbonyl (C=O) groups is 1. The SMILES string of the molecule is CO/N=C(/C(=O)O)c1cccc2ccc(O)cc12. The largest absolute Gasteiger partial charge is 0.508 e. The summed E-state index contributed by atoms with van der Waals surface area (Å²) in [5.41, 5.74) is 0.200. The van der Waals surface area contributed by atoms with Gasteiger partial charge in [0.05, 0.1) is 0 Å². The second-order valence-corrected chi connectivity index (χ2v) is 3.64. The molecule has 2 N–H and O–H groups in total. The van der Waals surface area contributed by atoms with Gasteiger partial charge >= 0.3 is 5.97 Å². The minimum Gasteiger partial charge on any atom is -0.508 e. The topological polar surface area (TPSA) is 79.1 Å². The van der Waals surface area contributed by atoms with Crippen LogP contribution in [-0.2, 0) is 9.63 Å². The molecule has 5 heteroatoms. The van der Waals surface area contributed by atoms with E-state index < -0.39 is 5.97 Å². The van der Waals surface area contributed by atoms with Gasteiger partial charge in [-0.05, 0) is 22.9 Å². The number of hydrogen-bond acceptors (Lipinski definition) is 4. The molecular formula is C13H11NO4. The molecule has 5 nitrogen and oxygen atoms in total. The van der Waals surface area contributed by atoms with E-state index in [2.05, 4.69) is 9.99 Å². The number of carboxylic acid groups (broad SMARTS) is 1. The summed E-state index contributed by atoms with van der Waals surface area (Å²) in [5, 5.41) is 23.5. The van der Waals surface area contributed by atoms with Gasteiger partial charge in [-0.2, -0.15) is 0 Å². The number of fused-ring (bicyclic) bond motifs is 1. The first-order valence-corrected chi connectivity index (χ1v) is 5.20.